The molecule has 1 aromatic carbocycles. The maximum atomic E-state index is 11.6. The standard InChI is InChI=1S/C23H29ClN2O3S/c1-14-15(2)30-22(25-14)17-5-9-19(10-6-17)26-12-21(23(27)28)29-13-20(26)11-16-3-7-18(24)8-4-16/h3-4,7-8,17,19-21H,5-6,9-13H2,1-2H3,(H,27,28). The third-order valence-electron chi connectivity index (χ3n) is 6.56. The quantitative estimate of drug-likeness (QED) is 0.709. The van der Waals surface area contributed by atoms with Crippen molar-refractivity contribution >= 4 is 28.9 Å². The first-order chi connectivity index (χ1) is 14.4. The Bertz CT molecular complexity index is 858. The number of carboxylic acids is 1. The van der Waals surface area contributed by atoms with Crippen LogP contribution in [0.3, 0.4) is 0 Å². The lowest BCUT2D eigenvalue weighted by molar-refractivity contribution is -0.162. The van der Waals surface area contributed by atoms with Crippen molar-refractivity contribution in [3.63, 3.8) is 0 Å². The molecular weight excluding hydrogens is 420 g/mol. The van der Waals surface area contributed by atoms with Gasteiger partial charge in [0.2, 0.25) is 0 Å². The Morgan fingerprint density at radius 2 is 1.93 bits per heavy atom. The summed E-state index contributed by atoms with van der Waals surface area (Å²) in [4.78, 5) is 20.1. The first kappa shape index (κ1) is 21.8. The first-order valence-corrected chi connectivity index (χ1v) is 11.9. The van der Waals surface area contributed by atoms with E-state index in [4.69, 9.17) is 21.3 Å². The summed E-state index contributed by atoms with van der Waals surface area (Å²) in [6, 6.07) is 8.50. The summed E-state index contributed by atoms with van der Waals surface area (Å²) in [6.45, 7) is 5.13. The average molecular weight is 449 g/mol. The van der Waals surface area contributed by atoms with Crippen molar-refractivity contribution < 1.29 is 14.6 Å². The number of thiazole rings is 1. The van der Waals surface area contributed by atoms with Crippen LogP contribution in [0.2, 0.25) is 5.02 Å². The molecule has 0 radical (unpaired) electrons. The van der Waals surface area contributed by atoms with E-state index >= 15 is 0 Å². The molecule has 2 unspecified atom stereocenters. The average Bonchev–Trinajstić information content (AvgIpc) is 3.08. The highest BCUT2D eigenvalue weighted by Crippen LogP contribution is 2.38. The minimum absolute atomic E-state index is 0.188. The molecule has 7 heteroatoms. The second-order valence-corrected chi connectivity index (χ2v) is 10.2. The Kier molecular flexibility index (Phi) is 6.78. The molecule has 2 fully saturated rings. The van der Waals surface area contributed by atoms with Gasteiger partial charge in [0.25, 0.3) is 0 Å². The highest BCUT2D eigenvalue weighted by Gasteiger charge is 2.38. The summed E-state index contributed by atoms with van der Waals surface area (Å²) in [5.41, 5.74) is 2.35. The number of nitrogens with zero attached hydrogens (tertiary/aromatic N) is 2. The molecule has 2 atom stereocenters. The summed E-state index contributed by atoms with van der Waals surface area (Å²) < 4.78 is 5.70. The van der Waals surface area contributed by atoms with E-state index in [2.05, 4.69) is 18.7 Å². The van der Waals surface area contributed by atoms with Crippen LogP contribution >= 0.6 is 22.9 Å². The molecule has 162 valence electrons. The molecule has 5 nitrogen and oxygen atoms in total. The summed E-state index contributed by atoms with van der Waals surface area (Å²) in [5, 5.41) is 11.5. The number of hydrogen-bond acceptors (Lipinski definition) is 5. The maximum absolute atomic E-state index is 11.6. The van der Waals surface area contributed by atoms with Gasteiger partial charge in [0, 0.05) is 34.4 Å². The maximum Gasteiger partial charge on any atom is 0.334 e. The second-order valence-electron chi connectivity index (χ2n) is 8.54. The summed E-state index contributed by atoms with van der Waals surface area (Å²) in [6.07, 6.45) is 4.47. The minimum Gasteiger partial charge on any atom is -0.479 e. The molecule has 2 aliphatic rings. The molecule has 2 heterocycles. The van der Waals surface area contributed by atoms with Crippen LogP contribution in [0.25, 0.3) is 0 Å². The number of halogens is 1. The number of aliphatic carboxylic acids is 1. The molecule has 1 aliphatic carbocycles. The molecule has 30 heavy (non-hydrogen) atoms. The molecule has 1 N–H and O–H groups in total. The van der Waals surface area contributed by atoms with Gasteiger partial charge in [-0.2, -0.15) is 0 Å². The van der Waals surface area contributed by atoms with E-state index in [0.717, 1.165) is 42.8 Å². The van der Waals surface area contributed by atoms with Crippen LogP contribution in [0.4, 0.5) is 0 Å². The van der Waals surface area contributed by atoms with Crippen LogP contribution in [-0.4, -0.2) is 52.3 Å². The van der Waals surface area contributed by atoms with Crippen molar-refractivity contribution in [2.24, 2.45) is 0 Å². The van der Waals surface area contributed by atoms with Gasteiger partial charge < -0.3 is 9.84 Å². The van der Waals surface area contributed by atoms with Crippen molar-refractivity contribution in [1.29, 1.82) is 0 Å². The second kappa shape index (κ2) is 9.35. The van der Waals surface area contributed by atoms with Gasteiger partial charge in [0.1, 0.15) is 0 Å². The molecule has 1 aromatic heterocycles. The lowest BCUT2D eigenvalue weighted by atomic mass is 9.84. The topological polar surface area (TPSA) is 62.7 Å². The van der Waals surface area contributed by atoms with Gasteiger partial charge in [-0.3, -0.25) is 4.90 Å². The fourth-order valence-corrected chi connectivity index (χ4v) is 5.93. The summed E-state index contributed by atoms with van der Waals surface area (Å²) in [5.74, 6) is -0.336. The molecule has 0 bridgehead atoms. The van der Waals surface area contributed by atoms with E-state index in [-0.39, 0.29) is 6.04 Å². The van der Waals surface area contributed by atoms with Crippen molar-refractivity contribution in [2.45, 2.75) is 70.1 Å². The highest BCUT2D eigenvalue weighted by molar-refractivity contribution is 7.11. The van der Waals surface area contributed by atoms with E-state index < -0.39 is 12.1 Å². The highest BCUT2D eigenvalue weighted by atomic mass is 35.5. The van der Waals surface area contributed by atoms with Crippen molar-refractivity contribution in [3.8, 4) is 0 Å². The number of rotatable bonds is 5. The van der Waals surface area contributed by atoms with Gasteiger partial charge in [0.15, 0.2) is 6.10 Å². The third kappa shape index (κ3) is 4.88. The van der Waals surface area contributed by atoms with E-state index in [1.807, 2.05) is 35.6 Å². The molecule has 1 aliphatic heterocycles. The number of carboxylic acid groups (broad SMARTS) is 1. The predicted molar refractivity (Wildman–Crippen MR) is 120 cm³/mol. The summed E-state index contributed by atoms with van der Waals surface area (Å²) in [7, 11) is 0. The number of carbonyl (C=O) groups is 1. The van der Waals surface area contributed by atoms with Gasteiger partial charge in [-0.1, -0.05) is 23.7 Å². The number of aryl methyl sites for hydroxylation is 2. The largest absolute Gasteiger partial charge is 0.479 e. The van der Waals surface area contributed by atoms with Crippen molar-refractivity contribution in [3.05, 3.63) is 50.4 Å². The lowest BCUT2D eigenvalue weighted by Crippen LogP contribution is -2.57. The van der Waals surface area contributed by atoms with E-state index in [1.54, 1.807) is 0 Å². The number of benzene rings is 1. The van der Waals surface area contributed by atoms with Gasteiger partial charge in [-0.05, 0) is 63.6 Å². The van der Waals surface area contributed by atoms with E-state index in [9.17, 15) is 9.90 Å². The SMILES string of the molecule is Cc1nc(C2CCC(N3CC(C(=O)O)OCC3Cc3ccc(Cl)cc3)CC2)sc1C. The number of ether oxygens (including phenoxy) is 1. The Hall–Kier alpha value is -1.47. The van der Waals surface area contributed by atoms with Crippen LogP contribution < -0.4 is 0 Å². The Morgan fingerprint density at radius 1 is 1.23 bits per heavy atom. The van der Waals surface area contributed by atoms with Gasteiger partial charge in [-0.25, -0.2) is 9.78 Å². The molecule has 0 spiro atoms. The fraction of sp³-hybridized carbons (Fsp3) is 0.565. The van der Waals surface area contributed by atoms with Gasteiger partial charge >= 0.3 is 5.97 Å². The first-order valence-electron chi connectivity index (χ1n) is 10.7. The third-order valence-corrected chi connectivity index (χ3v) is 8.04. The molecule has 1 saturated heterocycles. The zero-order valence-electron chi connectivity index (χ0n) is 17.5. The number of hydrogen-bond donors (Lipinski definition) is 1. The predicted octanol–water partition coefficient (Wildman–Crippen LogP) is 4.84. The minimum atomic E-state index is -0.868. The molecule has 1 saturated carbocycles. The van der Waals surface area contributed by atoms with Crippen molar-refractivity contribution in [1.82, 2.24) is 9.88 Å². The summed E-state index contributed by atoms with van der Waals surface area (Å²) >= 11 is 7.86. The van der Waals surface area contributed by atoms with Crippen LogP contribution in [0.15, 0.2) is 24.3 Å². The Balaban J connectivity index is 1.45. The van der Waals surface area contributed by atoms with Gasteiger partial charge in [-0.15, -0.1) is 11.3 Å². The number of morpholine rings is 1. The molecular formula is C23H29ClN2O3S. The molecule has 2 aromatic rings. The smallest absolute Gasteiger partial charge is 0.334 e. The zero-order chi connectivity index (χ0) is 21.3. The van der Waals surface area contributed by atoms with Gasteiger partial charge in [0.05, 0.1) is 17.3 Å². The number of aromatic nitrogens is 1. The fourth-order valence-electron chi connectivity index (χ4n) is 4.71. The van der Waals surface area contributed by atoms with Crippen LogP contribution in [0.1, 0.15) is 52.7 Å². The van der Waals surface area contributed by atoms with Crippen LogP contribution in [0.5, 0.6) is 0 Å². The Morgan fingerprint density at radius 3 is 2.53 bits per heavy atom. The lowest BCUT2D eigenvalue weighted by Gasteiger charge is -2.45. The molecule has 4 rings (SSSR count). The molecule has 0 amide bonds. The van der Waals surface area contributed by atoms with E-state index in [1.165, 1.54) is 15.4 Å². The van der Waals surface area contributed by atoms with E-state index in [0.29, 0.717) is 25.1 Å². The van der Waals surface area contributed by atoms with Crippen molar-refractivity contribution in [2.75, 3.05) is 13.2 Å². The van der Waals surface area contributed by atoms with Crippen LogP contribution in [0, 0.1) is 13.8 Å². The monoisotopic (exact) mass is 448 g/mol. The normalized spacial score (nSPS) is 27.8. The Labute approximate surface area is 187 Å². The van der Waals surface area contributed by atoms with Crippen LogP contribution in [-0.2, 0) is 16.0 Å². The zero-order valence-corrected chi connectivity index (χ0v) is 19.1.